The molecule has 3 rings (SSSR count). The van der Waals surface area contributed by atoms with Gasteiger partial charge in [0.25, 0.3) is 0 Å². The maximum Gasteiger partial charge on any atom is 0.232 e. The molecule has 4 nitrogen and oxygen atoms in total. The number of nitrogens with zero attached hydrogens (tertiary/aromatic N) is 2. The molecule has 1 amide bonds. The van der Waals surface area contributed by atoms with Gasteiger partial charge in [-0.15, -0.1) is 0 Å². The predicted molar refractivity (Wildman–Crippen MR) is 110 cm³/mol. The highest BCUT2D eigenvalue weighted by Gasteiger charge is 2.42. The van der Waals surface area contributed by atoms with Crippen molar-refractivity contribution in [2.24, 2.45) is 15.7 Å². The molecule has 0 saturated heterocycles. The molecule has 0 bridgehead atoms. The van der Waals surface area contributed by atoms with Gasteiger partial charge in [-0.3, -0.25) is 9.79 Å². The normalized spacial score (nSPS) is 19.7. The number of halogens is 1. The Morgan fingerprint density at radius 2 is 1.60 bits per heavy atom. The van der Waals surface area contributed by atoms with Crippen molar-refractivity contribution in [3.63, 3.8) is 0 Å². The Balaban J connectivity index is 2.06. The molecule has 2 aromatic rings. The van der Waals surface area contributed by atoms with Gasteiger partial charge in [0.1, 0.15) is 9.38 Å². The Kier molecular flexibility index (Phi) is 5.03. The number of amides is 1. The number of benzene rings is 2. The summed E-state index contributed by atoms with van der Waals surface area (Å²) in [6.45, 7) is 1.98. The average molecular weight is 445 g/mol. The summed E-state index contributed by atoms with van der Waals surface area (Å²) in [7, 11) is 0. The van der Waals surface area contributed by atoms with Crippen molar-refractivity contribution in [2.75, 3.05) is 0 Å². The van der Waals surface area contributed by atoms with E-state index in [9.17, 15) is 4.79 Å². The van der Waals surface area contributed by atoms with E-state index in [4.69, 9.17) is 5.73 Å². The van der Waals surface area contributed by atoms with E-state index in [1.54, 1.807) is 6.21 Å². The molecule has 1 atom stereocenters. The first-order chi connectivity index (χ1) is 12.0. The lowest BCUT2D eigenvalue weighted by Gasteiger charge is -2.34. The lowest BCUT2D eigenvalue weighted by Crippen LogP contribution is -2.43. The maximum atomic E-state index is 12.7. The SMILES string of the molecule is CC1(CCC(C(N)=O)(c2ccccc2)c2ccccc2)N=CC(I)=N1. The van der Waals surface area contributed by atoms with Crippen LogP contribution in [0.3, 0.4) is 0 Å². The van der Waals surface area contributed by atoms with Crippen molar-refractivity contribution in [3.8, 4) is 0 Å². The first-order valence-electron chi connectivity index (χ1n) is 8.18. The Labute approximate surface area is 161 Å². The van der Waals surface area contributed by atoms with Crippen molar-refractivity contribution in [2.45, 2.75) is 30.8 Å². The van der Waals surface area contributed by atoms with E-state index in [1.165, 1.54) is 0 Å². The van der Waals surface area contributed by atoms with Crippen LogP contribution in [-0.4, -0.2) is 21.5 Å². The van der Waals surface area contributed by atoms with Crippen LogP contribution in [0.25, 0.3) is 0 Å². The minimum atomic E-state index is -0.898. The van der Waals surface area contributed by atoms with Gasteiger partial charge in [-0.2, -0.15) is 0 Å². The molecule has 5 heteroatoms. The second-order valence-electron chi connectivity index (χ2n) is 6.41. The number of aliphatic imine (C=N–C) groups is 2. The third-order valence-electron chi connectivity index (χ3n) is 4.72. The second-order valence-corrected chi connectivity index (χ2v) is 7.52. The van der Waals surface area contributed by atoms with E-state index in [2.05, 4.69) is 32.6 Å². The molecule has 25 heavy (non-hydrogen) atoms. The summed E-state index contributed by atoms with van der Waals surface area (Å²) in [6, 6.07) is 19.5. The zero-order chi connectivity index (χ0) is 17.9. The van der Waals surface area contributed by atoms with Gasteiger partial charge in [0, 0.05) is 0 Å². The number of primary amides is 1. The van der Waals surface area contributed by atoms with E-state index in [0.29, 0.717) is 12.8 Å². The molecular formula is C20H20IN3O. The smallest absolute Gasteiger partial charge is 0.232 e. The van der Waals surface area contributed by atoms with Crippen LogP contribution in [0.1, 0.15) is 30.9 Å². The molecule has 2 aromatic carbocycles. The molecule has 1 aliphatic rings. The molecule has 1 unspecified atom stereocenters. The van der Waals surface area contributed by atoms with Crippen molar-refractivity contribution in [1.82, 2.24) is 0 Å². The Morgan fingerprint density at radius 3 is 2.00 bits per heavy atom. The zero-order valence-corrected chi connectivity index (χ0v) is 16.2. The molecule has 0 radical (unpaired) electrons. The Hall–Kier alpha value is -2.02. The fourth-order valence-electron chi connectivity index (χ4n) is 3.33. The molecular weight excluding hydrogens is 425 g/mol. The van der Waals surface area contributed by atoms with Gasteiger partial charge in [-0.1, -0.05) is 60.7 Å². The number of rotatable bonds is 6. The standard InChI is InChI=1S/C20H20IN3O/c1-19(23-14-17(21)24-19)12-13-20(18(22)25,15-8-4-2-5-9-15)16-10-6-3-7-11-16/h2-11,14H,12-13H2,1H3,(H2,22,25). The van der Waals surface area contributed by atoms with Crippen LogP contribution in [0, 0.1) is 0 Å². The highest BCUT2D eigenvalue weighted by molar-refractivity contribution is 14.1. The van der Waals surface area contributed by atoms with Crippen LogP contribution in [-0.2, 0) is 10.2 Å². The highest BCUT2D eigenvalue weighted by atomic mass is 127. The number of hydrogen-bond donors (Lipinski definition) is 1. The third-order valence-corrected chi connectivity index (χ3v) is 5.24. The number of carbonyl (C=O) groups is 1. The van der Waals surface area contributed by atoms with E-state index < -0.39 is 11.1 Å². The maximum absolute atomic E-state index is 12.7. The number of hydrogen-bond acceptors (Lipinski definition) is 3. The summed E-state index contributed by atoms with van der Waals surface area (Å²) in [5.41, 5.74) is 6.34. The van der Waals surface area contributed by atoms with Gasteiger partial charge in [-0.05, 0) is 53.5 Å². The van der Waals surface area contributed by atoms with Crippen molar-refractivity contribution in [1.29, 1.82) is 0 Å². The molecule has 1 aliphatic heterocycles. The monoisotopic (exact) mass is 445 g/mol. The summed E-state index contributed by atoms with van der Waals surface area (Å²) in [6.07, 6.45) is 2.94. The molecule has 0 spiro atoms. The molecule has 2 N–H and O–H groups in total. The molecule has 0 aliphatic carbocycles. The van der Waals surface area contributed by atoms with Crippen molar-refractivity contribution < 1.29 is 4.79 Å². The van der Waals surface area contributed by atoms with Gasteiger partial charge in [-0.25, -0.2) is 4.99 Å². The van der Waals surface area contributed by atoms with Gasteiger partial charge in [0.2, 0.25) is 5.91 Å². The number of carbonyl (C=O) groups excluding carboxylic acids is 1. The van der Waals surface area contributed by atoms with Crippen molar-refractivity contribution in [3.05, 3.63) is 71.8 Å². The minimum Gasteiger partial charge on any atom is -0.369 e. The largest absolute Gasteiger partial charge is 0.369 e. The second kappa shape index (κ2) is 7.07. The lowest BCUT2D eigenvalue weighted by molar-refractivity contribution is -0.122. The first-order valence-corrected chi connectivity index (χ1v) is 9.26. The first kappa shape index (κ1) is 17.8. The summed E-state index contributed by atoms with van der Waals surface area (Å²) in [5, 5.41) is 0. The Bertz CT molecular complexity index is 778. The molecule has 1 heterocycles. The average Bonchev–Trinajstić information content (AvgIpc) is 2.96. The lowest BCUT2D eigenvalue weighted by atomic mass is 9.70. The van der Waals surface area contributed by atoms with Crippen LogP contribution in [0.2, 0.25) is 0 Å². The van der Waals surface area contributed by atoms with Crippen LogP contribution >= 0.6 is 22.6 Å². The third kappa shape index (κ3) is 3.51. The predicted octanol–water partition coefficient (Wildman–Crippen LogP) is 3.87. The molecule has 0 aromatic heterocycles. The number of nitrogens with two attached hydrogens (primary N) is 1. The quantitative estimate of drug-likeness (QED) is 0.674. The van der Waals surface area contributed by atoms with Gasteiger partial charge < -0.3 is 5.73 Å². The van der Waals surface area contributed by atoms with Crippen LogP contribution in [0.4, 0.5) is 0 Å². The van der Waals surface area contributed by atoms with Crippen LogP contribution in [0.5, 0.6) is 0 Å². The summed E-state index contributed by atoms with van der Waals surface area (Å²) in [4.78, 5) is 21.9. The molecule has 0 fully saturated rings. The van der Waals surface area contributed by atoms with Crippen LogP contribution < -0.4 is 5.73 Å². The van der Waals surface area contributed by atoms with E-state index in [0.717, 1.165) is 14.8 Å². The van der Waals surface area contributed by atoms with E-state index >= 15 is 0 Å². The topological polar surface area (TPSA) is 67.8 Å². The fourth-order valence-corrected chi connectivity index (χ4v) is 3.99. The summed E-state index contributed by atoms with van der Waals surface area (Å²) < 4.78 is 0.879. The minimum absolute atomic E-state index is 0.353. The molecule has 0 saturated carbocycles. The van der Waals surface area contributed by atoms with Gasteiger partial charge in [0.15, 0.2) is 0 Å². The summed E-state index contributed by atoms with van der Waals surface area (Å²) >= 11 is 2.16. The highest BCUT2D eigenvalue weighted by Crippen LogP contribution is 2.39. The van der Waals surface area contributed by atoms with Crippen molar-refractivity contribution >= 4 is 38.4 Å². The van der Waals surface area contributed by atoms with Crippen LogP contribution in [0.15, 0.2) is 70.6 Å². The van der Waals surface area contributed by atoms with Gasteiger partial charge >= 0.3 is 0 Å². The zero-order valence-electron chi connectivity index (χ0n) is 14.0. The van der Waals surface area contributed by atoms with Gasteiger partial charge in [0.05, 0.1) is 11.6 Å². The summed E-state index contributed by atoms with van der Waals surface area (Å²) in [5.74, 6) is -0.353. The molecule has 128 valence electrons. The fraction of sp³-hybridized carbons (Fsp3) is 0.250. The van der Waals surface area contributed by atoms with E-state index in [1.807, 2.05) is 67.6 Å². The Morgan fingerprint density at radius 1 is 1.08 bits per heavy atom. The van der Waals surface area contributed by atoms with E-state index in [-0.39, 0.29) is 5.91 Å².